The molecule has 0 saturated carbocycles. The molecule has 1 unspecified atom stereocenters. The molecule has 0 spiro atoms. The third kappa shape index (κ3) is 2.26. The zero-order chi connectivity index (χ0) is 11.7. The molecule has 1 aromatic carbocycles. The van der Waals surface area contributed by atoms with E-state index in [2.05, 4.69) is 24.4 Å². The van der Waals surface area contributed by atoms with Crippen LogP contribution in [-0.2, 0) is 19.3 Å². The molecule has 0 aromatic heterocycles. The molecular formula is C16H23N. The largest absolute Gasteiger partial charge is 0.314 e. The molecule has 1 atom stereocenters. The van der Waals surface area contributed by atoms with Gasteiger partial charge in [-0.2, -0.15) is 0 Å². The SMILES string of the molecule is Cc1ccc(CC2CCCCN2)c2c1CCC2. The molecule has 1 aromatic rings. The van der Waals surface area contributed by atoms with Gasteiger partial charge >= 0.3 is 0 Å². The molecular weight excluding hydrogens is 206 g/mol. The Kier molecular flexibility index (Phi) is 3.19. The lowest BCUT2D eigenvalue weighted by molar-refractivity contribution is 0.399. The van der Waals surface area contributed by atoms with Gasteiger partial charge in [0, 0.05) is 6.04 Å². The number of benzene rings is 1. The van der Waals surface area contributed by atoms with Crippen LogP contribution in [0.3, 0.4) is 0 Å². The highest BCUT2D eigenvalue weighted by Gasteiger charge is 2.20. The van der Waals surface area contributed by atoms with E-state index in [1.165, 1.54) is 57.1 Å². The number of fused-ring (bicyclic) bond motifs is 1. The van der Waals surface area contributed by atoms with Crippen molar-refractivity contribution in [2.45, 2.75) is 57.9 Å². The molecule has 0 bridgehead atoms. The van der Waals surface area contributed by atoms with Crippen LogP contribution in [0.5, 0.6) is 0 Å². The summed E-state index contributed by atoms with van der Waals surface area (Å²) < 4.78 is 0. The van der Waals surface area contributed by atoms with Crippen LogP contribution >= 0.6 is 0 Å². The van der Waals surface area contributed by atoms with Gasteiger partial charge in [-0.1, -0.05) is 18.6 Å². The van der Waals surface area contributed by atoms with Crippen molar-refractivity contribution in [1.29, 1.82) is 0 Å². The molecule has 1 heteroatoms. The molecule has 1 aliphatic carbocycles. The van der Waals surface area contributed by atoms with Gasteiger partial charge in [-0.15, -0.1) is 0 Å². The number of aryl methyl sites for hydroxylation is 1. The maximum absolute atomic E-state index is 3.67. The van der Waals surface area contributed by atoms with Crippen molar-refractivity contribution in [3.8, 4) is 0 Å². The minimum Gasteiger partial charge on any atom is -0.314 e. The first-order valence-electron chi connectivity index (χ1n) is 7.18. The molecule has 1 fully saturated rings. The monoisotopic (exact) mass is 229 g/mol. The normalized spacial score (nSPS) is 23.7. The van der Waals surface area contributed by atoms with Gasteiger partial charge in [-0.3, -0.25) is 0 Å². The lowest BCUT2D eigenvalue weighted by Crippen LogP contribution is -2.35. The highest BCUT2D eigenvalue weighted by molar-refractivity contribution is 5.43. The molecule has 1 saturated heterocycles. The Balaban J connectivity index is 1.81. The molecule has 1 heterocycles. The third-order valence-corrected chi connectivity index (χ3v) is 4.49. The molecule has 1 nitrogen and oxygen atoms in total. The van der Waals surface area contributed by atoms with Gasteiger partial charge < -0.3 is 5.32 Å². The minimum atomic E-state index is 0.733. The molecule has 0 amide bonds. The van der Waals surface area contributed by atoms with E-state index in [1.54, 1.807) is 16.7 Å². The summed E-state index contributed by atoms with van der Waals surface area (Å²) >= 11 is 0. The topological polar surface area (TPSA) is 12.0 Å². The Morgan fingerprint density at radius 2 is 2.00 bits per heavy atom. The molecule has 92 valence electrons. The van der Waals surface area contributed by atoms with Crippen molar-refractivity contribution < 1.29 is 0 Å². The van der Waals surface area contributed by atoms with Gasteiger partial charge in [0.1, 0.15) is 0 Å². The Labute approximate surface area is 105 Å². The predicted molar refractivity (Wildman–Crippen MR) is 72.5 cm³/mol. The summed E-state index contributed by atoms with van der Waals surface area (Å²) in [6.45, 7) is 3.49. The maximum atomic E-state index is 3.67. The van der Waals surface area contributed by atoms with Gasteiger partial charge in [0.2, 0.25) is 0 Å². The van der Waals surface area contributed by atoms with E-state index in [9.17, 15) is 0 Å². The first-order valence-corrected chi connectivity index (χ1v) is 7.18. The number of hydrogen-bond acceptors (Lipinski definition) is 1. The van der Waals surface area contributed by atoms with Crippen LogP contribution < -0.4 is 5.32 Å². The predicted octanol–water partition coefficient (Wildman–Crippen LogP) is 3.17. The fourth-order valence-corrected chi connectivity index (χ4v) is 3.51. The van der Waals surface area contributed by atoms with Crippen molar-refractivity contribution in [1.82, 2.24) is 5.32 Å². The van der Waals surface area contributed by atoms with Crippen LogP contribution in [0.1, 0.15) is 47.9 Å². The Bertz CT molecular complexity index is 402. The second-order valence-electron chi connectivity index (χ2n) is 5.70. The van der Waals surface area contributed by atoms with E-state index in [4.69, 9.17) is 0 Å². The van der Waals surface area contributed by atoms with Crippen LogP contribution in [0, 0.1) is 6.92 Å². The van der Waals surface area contributed by atoms with Gasteiger partial charge in [-0.05, 0) is 74.2 Å². The lowest BCUT2D eigenvalue weighted by Gasteiger charge is -2.24. The minimum absolute atomic E-state index is 0.733. The summed E-state index contributed by atoms with van der Waals surface area (Å²) in [5, 5.41) is 3.67. The fourth-order valence-electron chi connectivity index (χ4n) is 3.51. The van der Waals surface area contributed by atoms with E-state index >= 15 is 0 Å². The maximum Gasteiger partial charge on any atom is 0.0108 e. The van der Waals surface area contributed by atoms with Crippen LogP contribution in [-0.4, -0.2) is 12.6 Å². The van der Waals surface area contributed by atoms with Crippen molar-refractivity contribution in [2.75, 3.05) is 6.54 Å². The highest BCUT2D eigenvalue weighted by Crippen LogP contribution is 2.29. The number of rotatable bonds is 2. The molecule has 1 N–H and O–H groups in total. The molecule has 0 radical (unpaired) electrons. The molecule has 1 aliphatic heterocycles. The quantitative estimate of drug-likeness (QED) is 0.821. The van der Waals surface area contributed by atoms with Crippen molar-refractivity contribution in [3.05, 3.63) is 34.4 Å². The lowest BCUT2D eigenvalue weighted by atomic mass is 9.92. The van der Waals surface area contributed by atoms with Crippen LogP contribution in [0.4, 0.5) is 0 Å². The molecule has 3 rings (SSSR count). The van der Waals surface area contributed by atoms with E-state index < -0.39 is 0 Å². The standard InChI is InChI=1S/C16H23N/c1-12-8-9-13(16-7-4-6-15(12)16)11-14-5-2-3-10-17-14/h8-9,14,17H,2-7,10-11H2,1H3. The zero-order valence-electron chi connectivity index (χ0n) is 10.9. The van der Waals surface area contributed by atoms with Gasteiger partial charge in [0.05, 0.1) is 0 Å². The van der Waals surface area contributed by atoms with Gasteiger partial charge in [-0.25, -0.2) is 0 Å². The molecule has 17 heavy (non-hydrogen) atoms. The zero-order valence-corrected chi connectivity index (χ0v) is 10.9. The van der Waals surface area contributed by atoms with Crippen molar-refractivity contribution >= 4 is 0 Å². The van der Waals surface area contributed by atoms with Crippen LogP contribution in [0.25, 0.3) is 0 Å². The second kappa shape index (κ2) is 4.81. The van der Waals surface area contributed by atoms with Crippen molar-refractivity contribution in [3.63, 3.8) is 0 Å². The average molecular weight is 229 g/mol. The summed E-state index contributed by atoms with van der Waals surface area (Å²) in [6.07, 6.45) is 9.39. The van der Waals surface area contributed by atoms with Gasteiger partial charge in [0.25, 0.3) is 0 Å². The average Bonchev–Trinajstić information content (AvgIpc) is 2.84. The Morgan fingerprint density at radius 3 is 2.82 bits per heavy atom. The van der Waals surface area contributed by atoms with E-state index in [0.29, 0.717) is 0 Å². The van der Waals surface area contributed by atoms with E-state index in [-0.39, 0.29) is 0 Å². The molecule has 2 aliphatic rings. The summed E-state index contributed by atoms with van der Waals surface area (Å²) in [6, 6.07) is 5.45. The van der Waals surface area contributed by atoms with Crippen LogP contribution in [0.15, 0.2) is 12.1 Å². The Hall–Kier alpha value is -0.820. The highest BCUT2D eigenvalue weighted by atomic mass is 14.9. The number of hydrogen-bond donors (Lipinski definition) is 1. The summed E-state index contributed by atoms with van der Waals surface area (Å²) in [4.78, 5) is 0. The second-order valence-corrected chi connectivity index (χ2v) is 5.70. The van der Waals surface area contributed by atoms with Gasteiger partial charge in [0.15, 0.2) is 0 Å². The first-order chi connectivity index (χ1) is 8.34. The Morgan fingerprint density at radius 1 is 1.12 bits per heavy atom. The summed E-state index contributed by atoms with van der Waals surface area (Å²) in [7, 11) is 0. The van der Waals surface area contributed by atoms with Crippen LogP contribution in [0.2, 0.25) is 0 Å². The third-order valence-electron chi connectivity index (χ3n) is 4.49. The van der Waals surface area contributed by atoms with Crippen molar-refractivity contribution in [2.24, 2.45) is 0 Å². The first kappa shape index (κ1) is 11.3. The smallest absolute Gasteiger partial charge is 0.0108 e. The fraction of sp³-hybridized carbons (Fsp3) is 0.625. The number of piperidine rings is 1. The van der Waals surface area contributed by atoms with E-state index in [1.807, 2.05) is 0 Å². The summed E-state index contributed by atoms with van der Waals surface area (Å²) in [5.74, 6) is 0. The van der Waals surface area contributed by atoms with E-state index in [0.717, 1.165) is 6.04 Å². The number of nitrogens with one attached hydrogen (secondary N) is 1. The summed E-state index contributed by atoms with van der Waals surface area (Å²) in [5.41, 5.74) is 6.50.